The Bertz CT molecular complexity index is 699. The van der Waals surface area contributed by atoms with Gasteiger partial charge in [-0.3, -0.25) is 4.90 Å². The first-order valence-electron chi connectivity index (χ1n) is 8.78. The van der Waals surface area contributed by atoms with Crippen LogP contribution < -0.4 is 4.90 Å². The van der Waals surface area contributed by atoms with E-state index < -0.39 is 0 Å². The molecule has 0 radical (unpaired) electrons. The van der Waals surface area contributed by atoms with Crippen LogP contribution in [-0.4, -0.2) is 46.0 Å². The van der Waals surface area contributed by atoms with E-state index in [1.165, 1.54) is 0 Å². The molecule has 0 aliphatic carbocycles. The fourth-order valence-corrected chi connectivity index (χ4v) is 3.95. The van der Waals surface area contributed by atoms with Crippen molar-refractivity contribution in [2.24, 2.45) is 11.8 Å². The molecule has 2 aliphatic rings. The molecule has 2 unspecified atom stereocenters. The SMILES string of the molecule is Cc1ocnc1CN1CC2CN(c3cc(C(C)C)ncn3)CC2C1. The summed E-state index contributed by atoms with van der Waals surface area (Å²) in [5.41, 5.74) is 2.20. The van der Waals surface area contributed by atoms with Crippen LogP contribution in [0, 0.1) is 18.8 Å². The summed E-state index contributed by atoms with van der Waals surface area (Å²) in [5.74, 6) is 3.90. The number of oxazole rings is 1. The molecule has 2 atom stereocenters. The summed E-state index contributed by atoms with van der Waals surface area (Å²) < 4.78 is 5.31. The lowest BCUT2D eigenvalue weighted by atomic mass is 10.0. The van der Waals surface area contributed by atoms with E-state index in [4.69, 9.17) is 4.42 Å². The second-order valence-electron chi connectivity index (χ2n) is 7.43. The van der Waals surface area contributed by atoms with Crippen LogP contribution in [0.15, 0.2) is 23.2 Å². The third-order valence-corrected chi connectivity index (χ3v) is 5.37. The number of anilines is 1. The van der Waals surface area contributed by atoms with Crippen LogP contribution >= 0.6 is 0 Å². The standard InChI is InChI=1S/C18H25N5O/c1-12(2)16-4-18(20-10-19-16)23-7-14-5-22(6-15(14)8-23)9-17-13(3)24-11-21-17/h4,10-12,14-15H,5-9H2,1-3H3. The molecule has 0 amide bonds. The van der Waals surface area contributed by atoms with E-state index in [1.54, 1.807) is 12.7 Å². The first-order chi connectivity index (χ1) is 11.6. The molecule has 2 aromatic heterocycles. The molecule has 0 saturated carbocycles. The van der Waals surface area contributed by atoms with E-state index in [0.717, 1.165) is 67.5 Å². The van der Waals surface area contributed by atoms with E-state index in [2.05, 4.69) is 44.7 Å². The predicted octanol–water partition coefficient (Wildman–Crippen LogP) is 2.46. The van der Waals surface area contributed by atoms with Gasteiger partial charge in [-0.1, -0.05) is 13.8 Å². The first kappa shape index (κ1) is 15.6. The highest BCUT2D eigenvalue weighted by Gasteiger charge is 2.40. The highest BCUT2D eigenvalue weighted by atomic mass is 16.3. The summed E-state index contributed by atoms with van der Waals surface area (Å²) >= 11 is 0. The number of nitrogens with zero attached hydrogens (tertiary/aromatic N) is 5. The Labute approximate surface area is 142 Å². The van der Waals surface area contributed by atoms with Gasteiger partial charge in [0.1, 0.15) is 17.9 Å². The van der Waals surface area contributed by atoms with Gasteiger partial charge in [0, 0.05) is 44.5 Å². The minimum Gasteiger partial charge on any atom is -0.448 e. The molecule has 2 saturated heterocycles. The molecule has 0 N–H and O–H groups in total. The van der Waals surface area contributed by atoms with E-state index >= 15 is 0 Å². The molecular formula is C18H25N5O. The Kier molecular flexibility index (Phi) is 4.00. The zero-order valence-electron chi connectivity index (χ0n) is 14.6. The van der Waals surface area contributed by atoms with Crippen molar-refractivity contribution in [3.8, 4) is 0 Å². The van der Waals surface area contributed by atoms with Gasteiger partial charge in [0.2, 0.25) is 0 Å². The summed E-state index contributed by atoms with van der Waals surface area (Å²) in [5, 5.41) is 0. The van der Waals surface area contributed by atoms with Gasteiger partial charge in [-0.25, -0.2) is 15.0 Å². The van der Waals surface area contributed by atoms with Crippen LogP contribution in [0.25, 0.3) is 0 Å². The molecule has 128 valence electrons. The quantitative estimate of drug-likeness (QED) is 0.860. The summed E-state index contributed by atoms with van der Waals surface area (Å²) in [6.45, 7) is 11.7. The van der Waals surface area contributed by atoms with Crippen molar-refractivity contribution < 1.29 is 4.42 Å². The second-order valence-corrected chi connectivity index (χ2v) is 7.43. The van der Waals surface area contributed by atoms with Gasteiger partial charge < -0.3 is 9.32 Å². The van der Waals surface area contributed by atoms with Crippen LogP contribution in [0.1, 0.15) is 36.9 Å². The van der Waals surface area contributed by atoms with Gasteiger partial charge in [0.25, 0.3) is 0 Å². The van der Waals surface area contributed by atoms with Crippen molar-refractivity contribution in [3.63, 3.8) is 0 Å². The molecule has 24 heavy (non-hydrogen) atoms. The molecule has 6 heteroatoms. The summed E-state index contributed by atoms with van der Waals surface area (Å²) in [6.07, 6.45) is 3.25. The zero-order valence-corrected chi connectivity index (χ0v) is 14.6. The van der Waals surface area contributed by atoms with Gasteiger partial charge in [-0.15, -0.1) is 0 Å². The average molecular weight is 327 g/mol. The van der Waals surface area contributed by atoms with Gasteiger partial charge >= 0.3 is 0 Å². The van der Waals surface area contributed by atoms with Crippen molar-refractivity contribution >= 4 is 5.82 Å². The Morgan fingerprint density at radius 2 is 1.88 bits per heavy atom. The highest BCUT2D eigenvalue weighted by Crippen LogP contribution is 2.34. The van der Waals surface area contributed by atoms with Gasteiger partial charge in [-0.2, -0.15) is 0 Å². The second kappa shape index (κ2) is 6.16. The molecule has 0 bridgehead atoms. The van der Waals surface area contributed by atoms with E-state index in [1.807, 2.05) is 6.92 Å². The summed E-state index contributed by atoms with van der Waals surface area (Å²) in [7, 11) is 0. The largest absolute Gasteiger partial charge is 0.448 e. The minimum absolute atomic E-state index is 0.440. The highest BCUT2D eigenvalue weighted by molar-refractivity contribution is 5.41. The number of hydrogen-bond acceptors (Lipinski definition) is 6. The van der Waals surface area contributed by atoms with Crippen LogP contribution in [0.2, 0.25) is 0 Å². The Balaban J connectivity index is 1.39. The molecular weight excluding hydrogens is 302 g/mol. The van der Waals surface area contributed by atoms with E-state index in [0.29, 0.717) is 5.92 Å². The monoisotopic (exact) mass is 327 g/mol. The minimum atomic E-state index is 0.440. The zero-order chi connectivity index (χ0) is 16.7. The number of likely N-dealkylation sites (tertiary alicyclic amines) is 1. The van der Waals surface area contributed by atoms with E-state index in [-0.39, 0.29) is 0 Å². The number of hydrogen-bond donors (Lipinski definition) is 0. The molecule has 2 fully saturated rings. The van der Waals surface area contributed by atoms with Crippen LogP contribution in [-0.2, 0) is 6.54 Å². The number of fused-ring (bicyclic) bond motifs is 1. The molecule has 2 aromatic rings. The van der Waals surface area contributed by atoms with Crippen molar-refractivity contribution in [1.29, 1.82) is 0 Å². The van der Waals surface area contributed by atoms with Crippen LogP contribution in [0.5, 0.6) is 0 Å². The normalized spacial score (nSPS) is 24.1. The Morgan fingerprint density at radius 3 is 2.50 bits per heavy atom. The fourth-order valence-electron chi connectivity index (χ4n) is 3.95. The molecule has 2 aliphatic heterocycles. The van der Waals surface area contributed by atoms with Crippen molar-refractivity contribution in [3.05, 3.63) is 35.9 Å². The Hall–Kier alpha value is -1.95. The smallest absolute Gasteiger partial charge is 0.181 e. The van der Waals surface area contributed by atoms with Crippen molar-refractivity contribution in [2.45, 2.75) is 33.2 Å². The Morgan fingerprint density at radius 1 is 1.12 bits per heavy atom. The lowest BCUT2D eigenvalue weighted by molar-refractivity contribution is 0.303. The van der Waals surface area contributed by atoms with E-state index in [9.17, 15) is 0 Å². The lowest BCUT2D eigenvalue weighted by Crippen LogP contribution is -2.29. The van der Waals surface area contributed by atoms with Crippen molar-refractivity contribution in [1.82, 2.24) is 19.9 Å². The van der Waals surface area contributed by atoms with Gasteiger partial charge in [-0.05, 0) is 24.7 Å². The molecule has 0 aromatic carbocycles. The number of aromatic nitrogens is 3. The third kappa shape index (κ3) is 2.90. The summed E-state index contributed by atoms with van der Waals surface area (Å²) in [6, 6.07) is 2.15. The number of rotatable bonds is 4. The maximum absolute atomic E-state index is 5.31. The maximum Gasteiger partial charge on any atom is 0.181 e. The molecule has 4 heterocycles. The maximum atomic E-state index is 5.31. The van der Waals surface area contributed by atoms with Crippen LogP contribution in [0.4, 0.5) is 5.82 Å². The molecule has 6 nitrogen and oxygen atoms in total. The summed E-state index contributed by atoms with van der Waals surface area (Å²) in [4.78, 5) is 18.2. The third-order valence-electron chi connectivity index (χ3n) is 5.37. The predicted molar refractivity (Wildman–Crippen MR) is 91.8 cm³/mol. The van der Waals surface area contributed by atoms with Gasteiger partial charge in [0.15, 0.2) is 6.39 Å². The lowest BCUT2D eigenvalue weighted by Gasteiger charge is -2.22. The topological polar surface area (TPSA) is 58.3 Å². The fraction of sp³-hybridized carbons (Fsp3) is 0.611. The number of aryl methyl sites for hydroxylation is 1. The first-order valence-corrected chi connectivity index (χ1v) is 8.78. The molecule has 0 spiro atoms. The van der Waals surface area contributed by atoms with Gasteiger partial charge in [0.05, 0.1) is 5.69 Å². The van der Waals surface area contributed by atoms with Crippen LogP contribution in [0.3, 0.4) is 0 Å². The average Bonchev–Trinajstić information content (AvgIpc) is 3.23. The van der Waals surface area contributed by atoms with Crippen molar-refractivity contribution in [2.75, 3.05) is 31.1 Å². The molecule has 4 rings (SSSR count).